The summed E-state index contributed by atoms with van der Waals surface area (Å²) in [6.45, 7) is 2.41. The molecular formula is C26H31F2N5O3. The first kappa shape index (κ1) is 24.4. The predicted molar refractivity (Wildman–Crippen MR) is 130 cm³/mol. The minimum absolute atomic E-state index is 0.0273. The van der Waals surface area contributed by atoms with Gasteiger partial charge in [0.15, 0.2) is 5.82 Å². The lowest BCUT2D eigenvalue weighted by Gasteiger charge is -2.30. The zero-order chi connectivity index (χ0) is 25.1. The molecule has 1 aliphatic carbocycles. The fourth-order valence-electron chi connectivity index (χ4n) is 5.27. The SMILES string of the molecule is O=C(Nc1ccc(O[C@@H]2CCN(C(=O)C3CCC(F)(F)CC3)C2)cc1)C1CCN(c2cccnn2)C1. The quantitative estimate of drug-likeness (QED) is 0.652. The number of carbonyl (C=O) groups is 2. The molecule has 2 atom stereocenters. The Morgan fingerprint density at radius 1 is 0.972 bits per heavy atom. The molecule has 2 amide bonds. The Bertz CT molecular complexity index is 1060. The van der Waals surface area contributed by atoms with Crippen molar-refractivity contribution >= 4 is 23.3 Å². The smallest absolute Gasteiger partial charge is 0.248 e. The molecule has 1 aromatic carbocycles. The highest BCUT2D eigenvalue weighted by atomic mass is 19.3. The van der Waals surface area contributed by atoms with Crippen LogP contribution in [0.2, 0.25) is 0 Å². The van der Waals surface area contributed by atoms with Crippen molar-refractivity contribution in [1.29, 1.82) is 0 Å². The van der Waals surface area contributed by atoms with Crippen molar-refractivity contribution in [3.63, 3.8) is 0 Å². The lowest BCUT2D eigenvalue weighted by atomic mass is 9.86. The van der Waals surface area contributed by atoms with E-state index in [0.717, 1.165) is 18.8 Å². The van der Waals surface area contributed by atoms with Gasteiger partial charge in [-0.3, -0.25) is 9.59 Å². The number of nitrogens with one attached hydrogen (secondary N) is 1. The van der Waals surface area contributed by atoms with Crippen LogP contribution >= 0.6 is 0 Å². The third-order valence-corrected chi connectivity index (χ3v) is 7.39. The summed E-state index contributed by atoms with van der Waals surface area (Å²) >= 11 is 0. The normalized spacial score (nSPS) is 24.1. The van der Waals surface area contributed by atoms with Gasteiger partial charge in [-0.1, -0.05) is 0 Å². The number of likely N-dealkylation sites (tertiary alicyclic amines) is 1. The lowest BCUT2D eigenvalue weighted by Crippen LogP contribution is -2.39. The van der Waals surface area contributed by atoms with E-state index in [9.17, 15) is 18.4 Å². The van der Waals surface area contributed by atoms with Crippen LogP contribution in [0.5, 0.6) is 5.75 Å². The Morgan fingerprint density at radius 3 is 2.47 bits per heavy atom. The van der Waals surface area contributed by atoms with Gasteiger partial charge in [-0.25, -0.2) is 8.78 Å². The van der Waals surface area contributed by atoms with E-state index >= 15 is 0 Å². The second-order valence-corrected chi connectivity index (χ2v) is 9.97. The van der Waals surface area contributed by atoms with E-state index in [2.05, 4.69) is 20.4 Å². The van der Waals surface area contributed by atoms with Crippen LogP contribution in [0.25, 0.3) is 0 Å². The predicted octanol–water partition coefficient (Wildman–Crippen LogP) is 3.75. The standard InChI is InChI=1S/C26H31F2N5O3/c27-26(28)11-7-18(8-12-26)25(35)33-15-10-22(17-33)36-21-5-3-20(4-6-21)30-24(34)19-9-14-32(16-19)23-2-1-13-29-31-23/h1-6,13,18-19,22H,7-12,14-17H2,(H,30,34)/t19?,22-/m1/s1. The van der Waals surface area contributed by atoms with Crippen molar-refractivity contribution in [2.24, 2.45) is 11.8 Å². The molecule has 36 heavy (non-hydrogen) atoms. The zero-order valence-corrected chi connectivity index (χ0v) is 20.1. The Balaban J connectivity index is 1.07. The second-order valence-electron chi connectivity index (χ2n) is 9.97. The number of rotatable bonds is 6. The maximum Gasteiger partial charge on any atom is 0.248 e. The molecule has 2 saturated heterocycles. The van der Waals surface area contributed by atoms with E-state index in [1.807, 2.05) is 36.4 Å². The summed E-state index contributed by atoms with van der Waals surface area (Å²) in [6.07, 6.45) is 3.04. The number of halogens is 2. The number of aromatic nitrogens is 2. The van der Waals surface area contributed by atoms with Gasteiger partial charge in [0.1, 0.15) is 11.9 Å². The fraction of sp³-hybridized carbons (Fsp3) is 0.538. The number of anilines is 2. The molecule has 0 radical (unpaired) electrons. The molecule has 3 fully saturated rings. The molecule has 10 heteroatoms. The number of ether oxygens (including phenoxy) is 1. The van der Waals surface area contributed by atoms with Crippen molar-refractivity contribution in [3.8, 4) is 5.75 Å². The molecule has 0 spiro atoms. The van der Waals surface area contributed by atoms with Crippen LogP contribution in [-0.4, -0.2) is 65.1 Å². The molecular weight excluding hydrogens is 468 g/mol. The van der Waals surface area contributed by atoms with E-state index in [0.29, 0.717) is 37.5 Å². The summed E-state index contributed by atoms with van der Waals surface area (Å²) in [4.78, 5) is 29.3. The average Bonchev–Trinajstić information content (AvgIpc) is 3.56. The van der Waals surface area contributed by atoms with Gasteiger partial charge >= 0.3 is 0 Å². The van der Waals surface area contributed by atoms with Crippen molar-refractivity contribution in [1.82, 2.24) is 15.1 Å². The van der Waals surface area contributed by atoms with Gasteiger partial charge in [-0.05, 0) is 55.7 Å². The highest BCUT2D eigenvalue weighted by Gasteiger charge is 2.40. The van der Waals surface area contributed by atoms with Gasteiger partial charge in [0, 0.05) is 56.7 Å². The number of amides is 2. The molecule has 5 rings (SSSR count). The summed E-state index contributed by atoms with van der Waals surface area (Å²) in [5.74, 6) is -1.67. The van der Waals surface area contributed by atoms with Gasteiger partial charge < -0.3 is 19.9 Å². The molecule has 2 aromatic rings. The molecule has 1 aromatic heterocycles. The topological polar surface area (TPSA) is 87.7 Å². The third kappa shape index (κ3) is 5.74. The number of hydrogen-bond donors (Lipinski definition) is 1. The Kier molecular flexibility index (Phi) is 7.02. The van der Waals surface area contributed by atoms with E-state index in [1.165, 1.54) is 0 Å². The molecule has 192 valence electrons. The molecule has 1 saturated carbocycles. The number of benzene rings is 1. The Labute approximate surface area is 209 Å². The number of carbonyl (C=O) groups excluding carboxylic acids is 2. The van der Waals surface area contributed by atoms with Crippen molar-refractivity contribution in [2.75, 3.05) is 36.4 Å². The molecule has 3 aliphatic rings. The number of hydrogen-bond acceptors (Lipinski definition) is 6. The summed E-state index contributed by atoms with van der Waals surface area (Å²) in [7, 11) is 0. The van der Waals surface area contributed by atoms with E-state index < -0.39 is 5.92 Å². The highest BCUT2D eigenvalue weighted by Crippen LogP contribution is 2.37. The highest BCUT2D eigenvalue weighted by molar-refractivity contribution is 5.93. The maximum absolute atomic E-state index is 13.4. The van der Waals surface area contributed by atoms with Gasteiger partial charge in [-0.15, -0.1) is 5.10 Å². The van der Waals surface area contributed by atoms with Crippen LogP contribution in [-0.2, 0) is 9.59 Å². The van der Waals surface area contributed by atoms with Crippen LogP contribution in [0, 0.1) is 11.8 Å². The maximum atomic E-state index is 13.4. The molecule has 8 nitrogen and oxygen atoms in total. The number of nitrogens with zero attached hydrogens (tertiary/aromatic N) is 4. The second kappa shape index (κ2) is 10.4. The van der Waals surface area contributed by atoms with Gasteiger partial charge in [0.05, 0.1) is 12.5 Å². The summed E-state index contributed by atoms with van der Waals surface area (Å²) in [6, 6.07) is 11.0. The van der Waals surface area contributed by atoms with Crippen LogP contribution < -0.4 is 15.0 Å². The minimum Gasteiger partial charge on any atom is -0.489 e. The van der Waals surface area contributed by atoms with Crippen LogP contribution in [0.15, 0.2) is 42.6 Å². The molecule has 0 bridgehead atoms. The monoisotopic (exact) mass is 499 g/mol. The Hall–Kier alpha value is -3.30. The summed E-state index contributed by atoms with van der Waals surface area (Å²) < 4.78 is 32.9. The van der Waals surface area contributed by atoms with E-state index in [-0.39, 0.29) is 55.4 Å². The number of alkyl halides is 2. The minimum atomic E-state index is -2.63. The molecule has 1 N–H and O–H groups in total. The van der Waals surface area contributed by atoms with Gasteiger partial charge in [-0.2, -0.15) is 5.10 Å². The largest absolute Gasteiger partial charge is 0.489 e. The first-order chi connectivity index (χ1) is 17.4. The molecule has 3 heterocycles. The molecule has 2 aliphatic heterocycles. The Morgan fingerprint density at radius 2 is 1.75 bits per heavy atom. The molecule has 1 unspecified atom stereocenters. The van der Waals surface area contributed by atoms with Crippen LogP contribution in [0.1, 0.15) is 38.5 Å². The van der Waals surface area contributed by atoms with Crippen LogP contribution in [0.4, 0.5) is 20.3 Å². The average molecular weight is 500 g/mol. The van der Waals surface area contributed by atoms with Crippen molar-refractivity contribution < 1.29 is 23.1 Å². The zero-order valence-electron chi connectivity index (χ0n) is 20.1. The van der Waals surface area contributed by atoms with E-state index in [4.69, 9.17) is 4.74 Å². The first-order valence-corrected chi connectivity index (χ1v) is 12.6. The van der Waals surface area contributed by atoms with Gasteiger partial charge in [0.2, 0.25) is 17.7 Å². The van der Waals surface area contributed by atoms with E-state index in [1.54, 1.807) is 11.1 Å². The first-order valence-electron chi connectivity index (χ1n) is 12.6. The third-order valence-electron chi connectivity index (χ3n) is 7.39. The van der Waals surface area contributed by atoms with Gasteiger partial charge in [0.25, 0.3) is 0 Å². The fourth-order valence-corrected chi connectivity index (χ4v) is 5.27. The lowest BCUT2D eigenvalue weighted by molar-refractivity contribution is -0.138. The summed E-state index contributed by atoms with van der Waals surface area (Å²) in [5.41, 5.74) is 0.697. The summed E-state index contributed by atoms with van der Waals surface area (Å²) in [5, 5.41) is 11.0. The van der Waals surface area contributed by atoms with Crippen LogP contribution in [0.3, 0.4) is 0 Å². The van der Waals surface area contributed by atoms with Crippen molar-refractivity contribution in [2.45, 2.75) is 50.6 Å². The van der Waals surface area contributed by atoms with Crippen molar-refractivity contribution in [3.05, 3.63) is 42.6 Å².